The van der Waals surface area contributed by atoms with Gasteiger partial charge in [0.2, 0.25) is 0 Å². The Morgan fingerprint density at radius 1 is 1.13 bits per heavy atom. The summed E-state index contributed by atoms with van der Waals surface area (Å²) in [6.45, 7) is 1.92. The number of hydrogen-bond donors (Lipinski definition) is 1. The van der Waals surface area contributed by atoms with Gasteiger partial charge in [0.25, 0.3) is 10.0 Å². The molecule has 0 aliphatic heterocycles. The van der Waals surface area contributed by atoms with Crippen molar-refractivity contribution in [2.75, 3.05) is 0 Å². The number of benzene rings is 1. The molecule has 4 nitrogen and oxygen atoms in total. The zero-order valence-corrected chi connectivity index (χ0v) is 14.1. The molecule has 1 spiro atoms. The summed E-state index contributed by atoms with van der Waals surface area (Å²) in [6, 6.07) is 6.75. The van der Waals surface area contributed by atoms with Gasteiger partial charge in [0.1, 0.15) is 0 Å². The van der Waals surface area contributed by atoms with Crippen LogP contribution >= 0.6 is 0 Å². The van der Waals surface area contributed by atoms with E-state index in [2.05, 4.69) is 28.2 Å². The van der Waals surface area contributed by atoms with E-state index in [0.717, 1.165) is 37.0 Å². The molecule has 0 fully saturated rings. The van der Waals surface area contributed by atoms with E-state index in [4.69, 9.17) is 0 Å². The maximum Gasteiger partial charge on any atom is 0.276 e. The molecule has 1 aromatic carbocycles. The van der Waals surface area contributed by atoms with Gasteiger partial charge in [-0.3, -0.25) is 0 Å². The fourth-order valence-corrected chi connectivity index (χ4v) is 3.92. The molecule has 0 aromatic heterocycles. The molecule has 0 unspecified atom stereocenters. The van der Waals surface area contributed by atoms with Crippen LogP contribution < -0.4 is 4.83 Å². The monoisotopic (exact) mass is 330 g/mol. The Labute approximate surface area is 138 Å². The van der Waals surface area contributed by atoms with Crippen LogP contribution in [-0.2, 0) is 10.0 Å². The quantitative estimate of drug-likeness (QED) is 0.678. The van der Waals surface area contributed by atoms with Gasteiger partial charge in [0, 0.05) is 0 Å². The molecule has 0 bridgehead atoms. The van der Waals surface area contributed by atoms with Crippen molar-refractivity contribution >= 4 is 15.7 Å². The second kappa shape index (κ2) is 6.32. The summed E-state index contributed by atoms with van der Waals surface area (Å²) in [4.78, 5) is 2.59. The van der Waals surface area contributed by atoms with Gasteiger partial charge in [-0.25, -0.2) is 0 Å². The normalized spacial score (nSPS) is 25.9. The predicted octanol–water partition coefficient (Wildman–Crippen LogP) is 3.71. The molecule has 1 aromatic rings. The first-order chi connectivity index (χ1) is 11.0. The summed E-state index contributed by atoms with van der Waals surface area (Å²) in [7, 11) is -3.59. The Morgan fingerprint density at radius 3 is 2.52 bits per heavy atom. The van der Waals surface area contributed by atoms with Crippen LogP contribution in [0.5, 0.6) is 0 Å². The van der Waals surface area contributed by atoms with E-state index < -0.39 is 10.0 Å². The SMILES string of the molecule is Cc1ccc(S(=O)(=O)N/N=C2\C=C[C@@]3(CC=CCC3)CC2)cc1. The lowest BCUT2D eigenvalue weighted by molar-refractivity contribution is 0.319. The lowest BCUT2D eigenvalue weighted by Gasteiger charge is -2.34. The third-order valence-corrected chi connectivity index (χ3v) is 5.87. The second-order valence-corrected chi connectivity index (χ2v) is 8.08. The fraction of sp³-hybridized carbons (Fsp3) is 0.389. The molecule has 0 amide bonds. The van der Waals surface area contributed by atoms with Crippen LogP contribution in [0.1, 0.15) is 37.7 Å². The Balaban J connectivity index is 1.70. The lowest BCUT2D eigenvalue weighted by atomic mass is 9.71. The highest BCUT2D eigenvalue weighted by Gasteiger charge is 2.29. The summed E-state index contributed by atoms with van der Waals surface area (Å²) >= 11 is 0. The highest BCUT2D eigenvalue weighted by Crippen LogP contribution is 2.40. The predicted molar refractivity (Wildman–Crippen MR) is 92.7 cm³/mol. The minimum atomic E-state index is -3.59. The van der Waals surface area contributed by atoms with Crippen LogP contribution in [0.25, 0.3) is 0 Å². The molecule has 3 rings (SSSR count). The molecule has 0 saturated carbocycles. The molecule has 122 valence electrons. The molecular weight excluding hydrogens is 308 g/mol. The molecule has 2 aliphatic rings. The average Bonchev–Trinajstić information content (AvgIpc) is 2.56. The molecule has 1 atom stereocenters. The van der Waals surface area contributed by atoms with E-state index in [1.165, 1.54) is 6.42 Å². The zero-order valence-electron chi connectivity index (χ0n) is 13.3. The van der Waals surface area contributed by atoms with Crippen LogP contribution in [0.3, 0.4) is 0 Å². The standard InChI is InChI=1S/C18H22N2O2S/c1-15-5-7-17(8-6-15)23(21,22)20-19-16-9-13-18(14-10-16)11-3-2-4-12-18/h2-3,5-9,13,20H,4,10-12,14H2,1H3/b19-16+/t18-/m0/s1. The zero-order chi connectivity index (χ0) is 16.3. The number of aryl methyl sites for hydroxylation is 1. The largest absolute Gasteiger partial charge is 0.276 e. The van der Waals surface area contributed by atoms with Crippen LogP contribution in [-0.4, -0.2) is 14.1 Å². The van der Waals surface area contributed by atoms with Gasteiger partial charge in [-0.1, -0.05) is 35.9 Å². The summed E-state index contributed by atoms with van der Waals surface area (Å²) < 4.78 is 24.5. The maximum atomic E-state index is 12.2. The smallest absolute Gasteiger partial charge is 0.200 e. The molecule has 5 heteroatoms. The Hall–Kier alpha value is -1.88. The number of hydrazone groups is 1. The first kappa shape index (κ1) is 16.0. The van der Waals surface area contributed by atoms with Crippen LogP contribution in [0.15, 0.2) is 58.6 Å². The van der Waals surface area contributed by atoms with Crippen molar-refractivity contribution in [2.45, 2.75) is 43.9 Å². The van der Waals surface area contributed by atoms with Gasteiger partial charge in [0.05, 0.1) is 10.6 Å². The van der Waals surface area contributed by atoms with Gasteiger partial charge in [-0.2, -0.15) is 18.4 Å². The number of sulfonamides is 1. The Morgan fingerprint density at radius 2 is 1.91 bits per heavy atom. The summed E-state index contributed by atoms with van der Waals surface area (Å²) in [5.74, 6) is 0. The van der Waals surface area contributed by atoms with E-state index in [1.807, 2.05) is 13.0 Å². The van der Waals surface area contributed by atoms with E-state index in [-0.39, 0.29) is 10.3 Å². The molecule has 0 heterocycles. The van der Waals surface area contributed by atoms with E-state index in [9.17, 15) is 8.42 Å². The highest BCUT2D eigenvalue weighted by atomic mass is 32.2. The van der Waals surface area contributed by atoms with Crippen LogP contribution in [0.2, 0.25) is 0 Å². The van der Waals surface area contributed by atoms with Gasteiger partial charge in [-0.05, 0) is 62.7 Å². The molecular formula is C18H22N2O2S. The Bertz CT molecular complexity index is 761. The first-order valence-electron chi connectivity index (χ1n) is 7.98. The highest BCUT2D eigenvalue weighted by molar-refractivity contribution is 7.89. The van der Waals surface area contributed by atoms with Crippen molar-refractivity contribution in [3.63, 3.8) is 0 Å². The van der Waals surface area contributed by atoms with Gasteiger partial charge in [-0.15, -0.1) is 0 Å². The topological polar surface area (TPSA) is 58.5 Å². The van der Waals surface area contributed by atoms with E-state index >= 15 is 0 Å². The van der Waals surface area contributed by atoms with Gasteiger partial charge in [0.15, 0.2) is 0 Å². The fourth-order valence-electron chi connectivity index (χ4n) is 3.09. The Kier molecular flexibility index (Phi) is 4.39. The number of nitrogens with zero attached hydrogens (tertiary/aromatic N) is 1. The average molecular weight is 330 g/mol. The van der Waals surface area contributed by atoms with Crippen molar-refractivity contribution in [1.29, 1.82) is 0 Å². The minimum Gasteiger partial charge on any atom is -0.200 e. The number of hydrogen-bond acceptors (Lipinski definition) is 3. The van der Waals surface area contributed by atoms with Crippen molar-refractivity contribution < 1.29 is 8.42 Å². The number of nitrogens with one attached hydrogen (secondary N) is 1. The number of rotatable bonds is 3. The molecule has 1 N–H and O–H groups in total. The molecule has 0 radical (unpaired) electrons. The summed E-state index contributed by atoms with van der Waals surface area (Å²) in [5.41, 5.74) is 2.07. The summed E-state index contributed by atoms with van der Waals surface area (Å²) in [6.07, 6.45) is 13.9. The van der Waals surface area contributed by atoms with Crippen molar-refractivity contribution in [2.24, 2.45) is 10.5 Å². The third-order valence-electron chi connectivity index (χ3n) is 4.65. The van der Waals surface area contributed by atoms with E-state index in [0.29, 0.717) is 0 Å². The van der Waals surface area contributed by atoms with Gasteiger partial charge < -0.3 is 0 Å². The van der Waals surface area contributed by atoms with Crippen LogP contribution in [0, 0.1) is 12.3 Å². The van der Waals surface area contributed by atoms with Crippen molar-refractivity contribution in [1.82, 2.24) is 4.83 Å². The van der Waals surface area contributed by atoms with Crippen molar-refractivity contribution in [3.05, 3.63) is 54.1 Å². The van der Waals surface area contributed by atoms with Crippen LogP contribution in [0.4, 0.5) is 0 Å². The lowest BCUT2D eigenvalue weighted by Crippen LogP contribution is -2.26. The molecule has 2 aliphatic carbocycles. The first-order valence-corrected chi connectivity index (χ1v) is 9.47. The maximum absolute atomic E-state index is 12.2. The van der Waals surface area contributed by atoms with Crippen molar-refractivity contribution in [3.8, 4) is 0 Å². The minimum absolute atomic E-state index is 0.237. The molecule has 23 heavy (non-hydrogen) atoms. The van der Waals surface area contributed by atoms with Gasteiger partial charge >= 0.3 is 0 Å². The summed E-state index contributed by atoms with van der Waals surface area (Å²) in [5, 5.41) is 4.11. The second-order valence-electron chi connectivity index (χ2n) is 6.42. The van der Waals surface area contributed by atoms with E-state index in [1.54, 1.807) is 24.3 Å². The number of allylic oxidation sites excluding steroid dienone is 4. The third kappa shape index (κ3) is 3.72. The molecule has 0 saturated heterocycles.